The predicted octanol–water partition coefficient (Wildman–Crippen LogP) is 3.54. The van der Waals surface area contributed by atoms with Gasteiger partial charge in [0.2, 0.25) is 0 Å². The molecule has 0 amide bonds. The van der Waals surface area contributed by atoms with Crippen LogP contribution in [0.2, 0.25) is 0 Å². The van der Waals surface area contributed by atoms with Gasteiger partial charge in [-0.15, -0.1) is 5.10 Å². The topological polar surface area (TPSA) is 137 Å². The number of nitrogens with zero attached hydrogens (tertiary/aromatic N) is 6. The number of aryl methyl sites for hydroxylation is 2. The molecule has 0 aliphatic heterocycles. The van der Waals surface area contributed by atoms with Crippen LogP contribution in [0.3, 0.4) is 0 Å². The Morgan fingerprint density at radius 1 is 1.31 bits per heavy atom. The maximum absolute atomic E-state index is 13.9. The molecule has 11 nitrogen and oxygen atoms in total. The van der Waals surface area contributed by atoms with Crippen molar-refractivity contribution in [3.8, 4) is 23.1 Å². The number of nitrogens with one attached hydrogen (secondary N) is 1. The summed E-state index contributed by atoms with van der Waals surface area (Å²) in [7, 11) is 1.74. The highest BCUT2D eigenvalue weighted by molar-refractivity contribution is 5.70. The first-order chi connectivity index (χ1) is 17.4. The number of aliphatic carboxylic acids is 1. The molecule has 0 radical (unpaired) electrons. The summed E-state index contributed by atoms with van der Waals surface area (Å²) in [6, 6.07) is 3.63. The van der Waals surface area contributed by atoms with Gasteiger partial charge in [-0.2, -0.15) is 4.98 Å². The lowest BCUT2D eigenvalue weighted by Crippen LogP contribution is -2.29. The highest BCUT2D eigenvalue weighted by atomic mass is 19.1. The highest BCUT2D eigenvalue weighted by Gasteiger charge is 2.28. The quantitative estimate of drug-likeness (QED) is 0.426. The number of rotatable bonds is 10. The second-order valence-corrected chi connectivity index (χ2v) is 8.79. The molecule has 3 aromatic heterocycles. The van der Waals surface area contributed by atoms with Crippen LogP contribution in [0.1, 0.15) is 50.4 Å². The first-order valence-electron chi connectivity index (χ1n) is 12.0. The van der Waals surface area contributed by atoms with Crippen molar-refractivity contribution in [1.82, 2.24) is 29.9 Å². The number of carboxylic acid groups (broad SMARTS) is 1. The molecule has 2 atom stereocenters. The minimum absolute atomic E-state index is 0.0298. The molecular weight excluding hydrogens is 469 g/mol. The summed E-state index contributed by atoms with van der Waals surface area (Å²) in [5, 5.41) is 20.6. The van der Waals surface area contributed by atoms with E-state index in [9.17, 15) is 14.3 Å². The number of halogens is 1. The molecule has 1 aliphatic rings. The first-order valence-corrected chi connectivity index (χ1v) is 12.0. The van der Waals surface area contributed by atoms with Gasteiger partial charge < -0.3 is 19.9 Å². The minimum atomic E-state index is -0.773. The summed E-state index contributed by atoms with van der Waals surface area (Å²) < 4.78 is 27.3. The standard InChI is InChI=1S/C24H30FN7O4/c1-4-10-26-22-17(25)12-27-24(29-22)35-13-19-21(30-31-32(19)3)18-8-9-20(14(2)28-18)36-16-7-5-6-15(11-16)23(33)34/h8-9,12,15-16H,4-7,10-11,13H2,1-3H3,(H,33,34)(H,26,27,29)/t15-,16-/m0/s1. The van der Waals surface area contributed by atoms with Crippen molar-refractivity contribution >= 4 is 11.8 Å². The smallest absolute Gasteiger partial charge is 0.318 e. The van der Waals surface area contributed by atoms with E-state index in [2.05, 4.69) is 30.6 Å². The summed E-state index contributed by atoms with van der Waals surface area (Å²) in [5.41, 5.74) is 2.42. The van der Waals surface area contributed by atoms with Gasteiger partial charge in [0.25, 0.3) is 0 Å². The number of aromatic nitrogens is 6. The van der Waals surface area contributed by atoms with E-state index in [1.807, 2.05) is 19.9 Å². The Hall–Kier alpha value is -3.83. The third-order valence-electron chi connectivity index (χ3n) is 6.09. The molecule has 192 valence electrons. The number of pyridine rings is 1. The Balaban J connectivity index is 1.47. The predicted molar refractivity (Wildman–Crippen MR) is 128 cm³/mol. The molecule has 1 saturated carbocycles. The number of anilines is 1. The van der Waals surface area contributed by atoms with Crippen LogP contribution in [0.5, 0.6) is 11.8 Å². The van der Waals surface area contributed by atoms with Gasteiger partial charge in [-0.05, 0) is 51.2 Å². The molecule has 1 fully saturated rings. The maximum Gasteiger partial charge on any atom is 0.318 e. The third kappa shape index (κ3) is 5.86. The van der Waals surface area contributed by atoms with Crippen molar-refractivity contribution in [1.29, 1.82) is 0 Å². The van der Waals surface area contributed by atoms with Crippen LogP contribution in [0.25, 0.3) is 11.4 Å². The summed E-state index contributed by atoms with van der Waals surface area (Å²) in [5.74, 6) is -0.992. The zero-order valence-electron chi connectivity index (χ0n) is 20.6. The molecule has 0 bridgehead atoms. The Morgan fingerprint density at radius 2 is 2.14 bits per heavy atom. The Labute approximate surface area is 208 Å². The van der Waals surface area contributed by atoms with Crippen LogP contribution in [0.4, 0.5) is 10.2 Å². The Morgan fingerprint density at radius 3 is 2.89 bits per heavy atom. The summed E-state index contributed by atoms with van der Waals surface area (Å²) >= 11 is 0. The number of carbonyl (C=O) groups is 1. The molecule has 0 aromatic carbocycles. The zero-order chi connectivity index (χ0) is 25.7. The SMILES string of the molecule is CCCNc1nc(OCc2c(-c3ccc(O[C@H]4CCC[C@H](C(=O)O)C4)c(C)n3)nnn2C)ncc1F. The average Bonchev–Trinajstić information content (AvgIpc) is 3.24. The molecule has 0 spiro atoms. The summed E-state index contributed by atoms with van der Waals surface area (Å²) in [6.45, 7) is 4.43. The van der Waals surface area contributed by atoms with Crippen LogP contribution >= 0.6 is 0 Å². The molecule has 3 heterocycles. The van der Waals surface area contributed by atoms with Crippen LogP contribution in [0.15, 0.2) is 18.3 Å². The van der Waals surface area contributed by atoms with Gasteiger partial charge in [0.15, 0.2) is 11.6 Å². The largest absolute Gasteiger partial charge is 0.489 e. The van der Waals surface area contributed by atoms with Gasteiger partial charge in [0, 0.05) is 13.6 Å². The lowest BCUT2D eigenvalue weighted by Gasteiger charge is -2.27. The van der Waals surface area contributed by atoms with Crippen LogP contribution in [0, 0.1) is 18.7 Å². The third-order valence-corrected chi connectivity index (χ3v) is 6.09. The fourth-order valence-corrected chi connectivity index (χ4v) is 4.12. The molecule has 12 heteroatoms. The molecule has 1 aliphatic carbocycles. The van der Waals surface area contributed by atoms with Gasteiger partial charge in [-0.1, -0.05) is 12.1 Å². The molecule has 4 rings (SSSR count). The van der Waals surface area contributed by atoms with Crippen molar-refractivity contribution in [3.63, 3.8) is 0 Å². The van der Waals surface area contributed by atoms with Crippen molar-refractivity contribution in [2.75, 3.05) is 11.9 Å². The van der Waals surface area contributed by atoms with Crippen LogP contribution in [-0.4, -0.2) is 53.7 Å². The molecule has 36 heavy (non-hydrogen) atoms. The summed E-state index contributed by atoms with van der Waals surface area (Å²) in [6.07, 6.45) is 4.55. The fourth-order valence-electron chi connectivity index (χ4n) is 4.12. The number of hydrogen-bond donors (Lipinski definition) is 2. The second kappa shape index (κ2) is 11.3. The van der Waals surface area contributed by atoms with Gasteiger partial charge in [0.1, 0.15) is 23.7 Å². The number of ether oxygens (including phenoxy) is 2. The van der Waals surface area contributed by atoms with Crippen molar-refractivity contribution in [2.24, 2.45) is 13.0 Å². The molecule has 2 N–H and O–H groups in total. The minimum Gasteiger partial charge on any atom is -0.489 e. The van der Waals surface area contributed by atoms with Crippen molar-refractivity contribution < 1.29 is 23.8 Å². The maximum atomic E-state index is 13.9. The fraction of sp³-hybridized carbons (Fsp3) is 0.500. The average molecular weight is 500 g/mol. The van der Waals surface area contributed by atoms with E-state index in [4.69, 9.17) is 9.47 Å². The van der Waals surface area contributed by atoms with Crippen molar-refractivity contribution in [2.45, 2.75) is 58.7 Å². The normalized spacial score (nSPS) is 17.6. The van der Waals surface area contributed by atoms with E-state index in [1.165, 1.54) is 0 Å². The number of carboxylic acids is 1. The lowest BCUT2D eigenvalue weighted by molar-refractivity contribution is -0.143. The van der Waals surface area contributed by atoms with Gasteiger partial charge in [-0.25, -0.2) is 19.0 Å². The second-order valence-electron chi connectivity index (χ2n) is 8.79. The first kappa shape index (κ1) is 25.3. The van der Waals surface area contributed by atoms with E-state index in [0.717, 1.165) is 25.5 Å². The zero-order valence-corrected chi connectivity index (χ0v) is 20.6. The lowest BCUT2D eigenvalue weighted by atomic mass is 9.87. The van der Waals surface area contributed by atoms with Gasteiger partial charge in [0.05, 0.1) is 29.6 Å². The van der Waals surface area contributed by atoms with Crippen LogP contribution in [-0.2, 0) is 18.4 Å². The van der Waals surface area contributed by atoms with Crippen LogP contribution < -0.4 is 14.8 Å². The van der Waals surface area contributed by atoms with E-state index < -0.39 is 11.8 Å². The monoisotopic (exact) mass is 499 g/mol. The summed E-state index contributed by atoms with van der Waals surface area (Å²) in [4.78, 5) is 24.0. The Kier molecular flexibility index (Phi) is 7.91. The van der Waals surface area contributed by atoms with Crippen molar-refractivity contribution in [3.05, 3.63) is 35.5 Å². The van der Waals surface area contributed by atoms with E-state index in [0.29, 0.717) is 47.9 Å². The highest BCUT2D eigenvalue weighted by Crippen LogP contribution is 2.30. The van der Waals surface area contributed by atoms with E-state index in [-0.39, 0.29) is 30.5 Å². The molecule has 0 saturated heterocycles. The van der Waals surface area contributed by atoms with E-state index >= 15 is 0 Å². The Bertz CT molecular complexity index is 1220. The van der Waals surface area contributed by atoms with Gasteiger partial charge >= 0.3 is 12.0 Å². The molecular formula is C24H30FN7O4. The molecule has 3 aromatic rings. The number of hydrogen-bond acceptors (Lipinski definition) is 9. The van der Waals surface area contributed by atoms with E-state index in [1.54, 1.807) is 17.8 Å². The van der Waals surface area contributed by atoms with Gasteiger partial charge in [-0.3, -0.25) is 4.79 Å². The molecule has 0 unspecified atom stereocenters.